The molecule has 0 unspecified atom stereocenters. The summed E-state index contributed by atoms with van der Waals surface area (Å²) in [5.41, 5.74) is 0.292. The molecule has 1 heterocycles. The lowest BCUT2D eigenvalue weighted by Crippen LogP contribution is -2.27. The predicted molar refractivity (Wildman–Crippen MR) is 54.1 cm³/mol. The van der Waals surface area contributed by atoms with Crippen LogP contribution < -0.4 is 10.1 Å². The van der Waals surface area contributed by atoms with Crippen molar-refractivity contribution in [3.05, 3.63) is 23.8 Å². The number of halogens is 2. The summed E-state index contributed by atoms with van der Waals surface area (Å²) >= 11 is 0. The monoisotopic (exact) mass is 213 g/mol. The second-order valence-electron chi connectivity index (χ2n) is 4.57. The van der Waals surface area contributed by atoms with Crippen molar-refractivity contribution in [2.45, 2.75) is 13.8 Å². The standard InChI is InChI=1S/C11H13F2NO/c1-11(2)5-14-9-4-7(12)3-8(13)10(9)15-6-11/h3-4,14H,5-6H2,1-2H3. The molecule has 82 valence electrons. The Labute approximate surface area is 87.2 Å². The second kappa shape index (κ2) is 3.36. The SMILES string of the molecule is CC1(C)CNc2cc(F)cc(F)c2OC1. The summed E-state index contributed by atoms with van der Waals surface area (Å²) < 4.78 is 31.7. The molecule has 2 nitrogen and oxygen atoms in total. The largest absolute Gasteiger partial charge is 0.488 e. The first-order valence-corrected chi connectivity index (χ1v) is 4.84. The minimum absolute atomic E-state index is 0.0953. The van der Waals surface area contributed by atoms with Crippen LogP contribution in [0, 0.1) is 17.0 Å². The van der Waals surface area contributed by atoms with Crippen LogP contribution in [0.3, 0.4) is 0 Å². The lowest BCUT2D eigenvalue weighted by Gasteiger charge is -2.20. The summed E-state index contributed by atoms with van der Waals surface area (Å²) in [7, 11) is 0. The second-order valence-corrected chi connectivity index (χ2v) is 4.57. The maximum atomic E-state index is 13.4. The molecule has 1 aliphatic rings. The third-order valence-corrected chi connectivity index (χ3v) is 2.37. The fourth-order valence-corrected chi connectivity index (χ4v) is 1.49. The fraction of sp³-hybridized carbons (Fsp3) is 0.455. The van der Waals surface area contributed by atoms with Gasteiger partial charge in [-0.25, -0.2) is 8.78 Å². The maximum Gasteiger partial charge on any atom is 0.178 e. The van der Waals surface area contributed by atoms with Crippen molar-refractivity contribution in [1.82, 2.24) is 0 Å². The predicted octanol–water partition coefficient (Wildman–Crippen LogP) is 2.80. The van der Waals surface area contributed by atoms with E-state index in [4.69, 9.17) is 4.74 Å². The number of anilines is 1. The normalized spacial score (nSPS) is 18.4. The van der Waals surface area contributed by atoms with Gasteiger partial charge in [0.2, 0.25) is 0 Å². The topological polar surface area (TPSA) is 21.3 Å². The van der Waals surface area contributed by atoms with E-state index in [-0.39, 0.29) is 11.2 Å². The van der Waals surface area contributed by atoms with Crippen molar-refractivity contribution < 1.29 is 13.5 Å². The molecule has 1 N–H and O–H groups in total. The summed E-state index contributed by atoms with van der Waals surface area (Å²) in [5, 5.41) is 2.99. The van der Waals surface area contributed by atoms with E-state index in [1.165, 1.54) is 6.07 Å². The van der Waals surface area contributed by atoms with Gasteiger partial charge in [0.15, 0.2) is 11.6 Å². The molecule has 4 heteroatoms. The highest BCUT2D eigenvalue weighted by Gasteiger charge is 2.25. The first kappa shape index (κ1) is 10.2. The van der Waals surface area contributed by atoms with Crippen LogP contribution >= 0.6 is 0 Å². The molecule has 0 saturated carbocycles. The minimum atomic E-state index is -0.657. The zero-order chi connectivity index (χ0) is 11.1. The summed E-state index contributed by atoms with van der Waals surface area (Å²) in [6, 6.07) is 2.08. The summed E-state index contributed by atoms with van der Waals surface area (Å²) in [6.45, 7) is 5.04. The van der Waals surface area contributed by atoms with E-state index in [2.05, 4.69) is 5.32 Å². The zero-order valence-corrected chi connectivity index (χ0v) is 8.73. The Balaban J connectivity index is 2.39. The molecule has 0 bridgehead atoms. The minimum Gasteiger partial charge on any atom is -0.488 e. The van der Waals surface area contributed by atoms with Crippen LogP contribution in [-0.4, -0.2) is 13.2 Å². The van der Waals surface area contributed by atoms with Crippen molar-refractivity contribution in [3.8, 4) is 5.75 Å². The van der Waals surface area contributed by atoms with Crippen LogP contribution in [0.5, 0.6) is 5.75 Å². The molecule has 0 saturated heterocycles. The van der Waals surface area contributed by atoms with Crippen LogP contribution in [0.15, 0.2) is 12.1 Å². The van der Waals surface area contributed by atoms with Crippen LogP contribution in [0.1, 0.15) is 13.8 Å². The first-order chi connectivity index (χ1) is 6.98. The average molecular weight is 213 g/mol. The van der Waals surface area contributed by atoms with Crippen LogP contribution in [0.4, 0.5) is 14.5 Å². The Morgan fingerprint density at radius 1 is 1.33 bits per heavy atom. The smallest absolute Gasteiger partial charge is 0.178 e. The molecule has 15 heavy (non-hydrogen) atoms. The molecule has 0 spiro atoms. The van der Waals surface area contributed by atoms with E-state index in [9.17, 15) is 8.78 Å². The first-order valence-electron chi connectivity index (χ1n) is 4.84. The third-order valence-electron chi connectivity index (χ3n) is 2.37. The molecule has 0 aliphatic carbocycles. The highest BCUT2D eigenvalue weighted by molar-refractivity contribution is 5.58. The van der Waals surface area contributed by atoms with Crippen molar-refractivity contribution in [2.75, 3.05) is 18.5 Å². The van der Waals surface area contributed by atoms with Crippen LogP contribution in [0.2, 0.25) is 0 Å². The fourth-order valence-electron chi connectivity index (χ4n) is 1.49. The van der Waals surface area contributed by atoms with Crippen LogP contribution in [0.25, 0.3) is 0 Å². The van der Waals surface area contributed by atoms with Crippen molar-refractivity contribution in [3.63, 3.8) is 0 Å². The summed E-state index contributed by atoms with van der Waals surface area (Å²) in [4.78, 5) is 0. The number of hydrogen-bond donors (Lipinski definition) is 1. The van der Waals surface area contributed by atoms with Crippen LogP contribution in [-0.2, 0) is 0 Å². The highest BCUT2D eigenvalue weighted by Crippen LogP contribution is 2.34. The number of nitrogens with one attached hydrogen (secondary N) is 1. The molecular weight excluding hydrogens is 200 g/mol. The molecule has 2 rings (SSSR count). The number of benzene rings is 1. The van der Waals surface area contributed by atoms with E-state index >= 15 is 0 Å². The Hall–Kier alpha value is -1.32. The molecule has 0 radical (unpaired) electrons. The van der Waals surface area contributed by atoms with Crippen molar-refractivity contribution in [1.29, 1.82) is 0 Å². The van der Waals surface area contributed by atoms with E-state index in [1.807, 2.05) is 13.8 Å². The zero-order valence-electron chi connectivity index (χ0n) is 8.73. The Bertz CT molecular complexity index is 390. The lowest BCUT2D eigenvalue weighted by molar-refractivity contribution is 0.193. The third kappa shape index (κ3) is 2.03. The van der Waals surface area contributed by atoms with Gasteiger partial charge >= 0.3 is 0 Å². The van der Waals surface area contributed by atoms with E-state index in [1.54, 1.807) is 0 Å². The number of fused-ring (bicyclic) bond motifs is 1. The molecule has 0 aromatic heterocycles. The molecule has 1 aromatic carbocycles. The number of rotatable bonds is 0. The van der Waals surface area contributed by atoms with Gasteiger partial charge in [-0.1, -0.05) is 13.8 Å². The molecular formula is C11H13F2NO. The quantitative estimate of drug-likeness (QED) is 0.715. The summed E-state index contributed by atoms with van der Waals surface area (Å²) in [6.07, 6.45) is 0. The molecule has 0 fully saturated rings. The van der Waals surface area contributed by atoms with Gasteiger partial charge in [0.05, 0.1) is 12.3 Å². The van der Waals surface area contributed by atoms with Gasteiger partial charge < -0.3 is 10.1 Å². The van der Waals surface area contributed by atoms with E-state index in [0.717, 1.165) is 6.07 Å². The van der Waals surface area contributed by atoms with Gasteiger partial charge in [0.1, 0.15) is 5.82 Å². The highest BCUT2D eigenvalue weighted by atomic mass is 19.1. The van der Waals surface area contributed by atoms with Gasteiger partial charge in [0.25, 0.3) is 0 Å². The Kier molecular flexibility index (Phi) is 2.29. The van der Waals surface area contributed by atoms with Gasteiger partial charge in [-0.05, 0) is 0 Å². The molecule has 1 aliphatic heterocycles. The van der Waals surface area contributed by atoms with Gasteiger partial charge in [0, 0.05) is 24.1 Å². The maximum absolute atomic E-state index is 13.4. The van der Waals surface area contributed by atoms with E-state index in [0.29, 0.717) is 18.8 Å². The number of hydrogen-bond acceptors (Lipinski definition) is 2. The van der Waals surface area contributed by atoms with Gasteiger partial charge in [-0.15, -0.1) is 0 Å². The van der Waals surface area contributed by atoms with Gasteiger partial charge in [-0.3, -0.25) is 0 Å². The summed E-state index contributed by atoms with van der Waals surface area (Å²) in [5.74, 6) is -1.14. The lowest BCUT2D eigenvalue weighted by atomic mass is 9.95. The molecule has 0 atom stereocenters. The van der Waals surface area contributed by atoms with Crippen molar-refractivity contribution in [2.24, 2.45) is 5.41 Å². The Morgan fingerprint density at radius 2 is 2.07 bits per heavy atom. The molecule has 0 amide bonds. The number of ether oxygens (including phenoxy) is 1. The Morgan fingerprint density at radius 3 is 2.80 bits per heavy atom. The van der Waals surface area contributed by atoms with E-state index < -0.39 is 11.6 Å². The average Bonchev–Trinajstić information content (AvgIpc) is 2.26. The van der Waals surface area contributed by atoms with Crippen molar-refractivity contribution >= 4 is 5.69 Å². The molecule has 1 aromatic rings. The van der Waals surface area contributed by atoms with Gasteiger partial charge in [-0.2, -0.15) is 0 Å².